The van der Waals surface area contributed by atoms with Crippen LogP contribution in [0.25, 0.3) is 5.82 Å². The number of carbonyl (C=O) groups is 2. The van der Waals surface area contributed by atoms with Gasteiger partial charge in [-0.3, -0.25) is 4.79 Å². The molecule has 2 aromatic rings. The molecule has 2 heterocycles. The summed E-state index contributed by atoms with van der Waals surface area (Å²) >= 11 is 0. The lowest BCUT2D eigenvalue weighted by atomic mass is 10.1. The number of pyridine rings is 1. The Bertz CT molecular complexity index is 705. The number of amides is 1. The van der Waals surface area contributed by atoms with E-state index in [4.69, 9.17) is 5.11 Å². The van der Waals surface area contributed by atoms with E-state index in [1.54, 1.807) is 36.8 Å². The molecule has 0 unspecified atom stereocenters. The minimum Gasteiger partial charge on any atom is -0.478 e. The predicted molar refractivity (Wildman–Crippen MR) is 76.0 cm³/mol. The third kappa shape index (κ3) is 3.14. The number of carboxylic acid groups (broad SMARTS) is 1. The quantitative estimate of drug-likeness (QED) is 0.832. The highest BCUT2D eigenvalue weighted by molar-refractivity contribution is 6.08. The number of anilines is 1. The SMILES string of the molecule is CC(C(=O)O)=C(C)C(=O)Nc1cccnc1-n1cccn1. The van der Waals surface area contributed by atoms with Crippen LogP contribution in [0.15, 0.2) is 47.9 Å². The number of nitrogens with zero attached hydrogens (tertiary/aromatic N) is 3. The van der Waals surface area contributed by atoms with Gasteiger partial charge in [0.25, 0.3) is 5.91 Å². The zero-order valence-electron chi connectivity index (χ0n) is 11.6. The Kier molecular flexibility index (Phi) is 4.13. The third-order valence-corrected chi connectivity index (χ3v) is 2.98. The number of carboxylic acids is 1. The lowest BCUT2D eigenvalue weighted by molar-refractivity contribution is -0.133. The van der Waals surface area contributed by atoms with Gasteiger partial charge in [0, 0.05) is 29.7 Å². The van der Waals surface area contributed by atoms with Gasteiger partial charge in [0.15, 0.2) is 5.82 Å². The van der Waals surface area contributed by atoms with Crippen molar-refractivity contribution in [3.8, 4) is 5.82 Å². The fourth-order valence-corrected chi connectivity index (χ4v) is 1.62. The molecule has 2 rings (SSSR count). The van der Waals surface area contributed by atoms with Crippen molar-refractivity contribution in [3.05, 3.63) is 47.9 Å². The largest absolute Gasteiger partial charge is 0.478 e. The van der Waals surface area contributed by atoms with Crippen LogP contribution in [0.5, 0.6) is 0 Å². The smallest absolute Gasteiger partial charge is 0.331 e. The monoisotopic (exact) mass is 286 g/mol. The van der Waals surface area contributed by atoms with E-state index in [2.05, 4.69) is 15.4 Å². The van der Waals surface area contributed by atoms with E-state index in [-0.39, 0.29) is 11.1 Å². The molecule has 21 heavy (non-hydrogen) atoms. The van der Waals surface area contributed by atoms with Crippen molar-refractivity contribution in [2.75, 3.05) is 5.32 Å². The third-order valence-electron chi connectivity index (χ3n) is 2.98. The molecule has 108 valence electrons. The summed E-state index contributed by atoms with van der Waals surface area (Å²) in [6.45, 7) is 2.84. The second-order valence-electron chi connectivity index (χ2n) is 4.33. The van der Waals surface area contributed by atoms with E-state index in [0.717, 1.165) is 0 Å². The van der Waals surface area contributed by atoms with E-state index in [9.17, 15) is 9.59 Å². The van der Waals surface area contributed by atoms with Crippen LogP contribution in [0.1, 0.15) is 13.8 Å². The number of aromatic nitrogens is 3. The van der Waals surface area contributed by atoms with E-state index in [1.807, 2.05) is 0 Å². The molecule has 0 bridgehead atoms. The molecular weight excluding hydrogens is 272 g/mol. The molecule has 0 atom stereocenters. The minimum atomic E-state index is -1.12. The number of aliphatic carboxylic acids is 1. The topological polar surface area (TPSA) is 97.1 Å². The summed E-state index contributed by atoms with van der Waals surface area (Å²) in [6.07, 6.45) is 4.88. The molecule has 0 saturated heterocycles. The van der Waals surface area contributed by atoms with Gasteiger partial charge in [0.1, 0.15) is 0 Å². The van der Waals surface area contributed by atoms with Gasteiger partial charge in [0.2, 0.25) is 0 Å². The fourth-order valence-electron chi connectivity index (χ4n) is 1.62. The van der Waals surface area contributed by atoms with Gasteiger partial charge in [-0.05, 0) is 32.0 Å². The van der Waals surface area contributed by atoms with E-state index >= 15 is 0 Å². The van der Waals surface area contributed by atoms with Gasteiger partial charge in [0.05, 0.1) is 5.69 Å². The molecule has 1 amide bonds. The Hall–Kier alpha value is -2.96. The summed E-state index contributed by atoms with van der Waals surface area (Å²) in [5.41, 5.74) is 0.582. The highest BCUT2D eigenvalue weighted by Crippen LogP contribution is 2.17. The number of hydrogen-bond donors (Lipinski definition) is 2. The molecule has 7 heteroatoms. The predicted octanol–water partition coefficient (Wildman–Crippen LogP) is 1.63. The number of rotatable bonds is 4. The first-order valence-corrected chi connectivity index (χ1v) is 6.18. The van der Waals surface area contributed by atoms with E-state index in [1.165, 1.54) is 18.5 Å². The number of nitrogens with one attached hydrogen (secondary N) is 1. The summed E-state index contributed by atoms with van der Waals surface area (Å²) in [4.78, 5) is 27.1. The second kappa shape index (κ2) is 6.00. The highest BCUT2D eigenvalue weighted by atomic mass is 16.4. The Morgan fingerprint density at radius 1 is 1.19 bits per heavy atom. The van der Waals surface area contributed by atoms with Gasteiger partial charge in [-0.2, -0.15) is 5.10 Å². The normalized spacial score (nSPS) is 11.7. The summed E-state index contributed by atoms with van der Waals surface area (Å²) in [7, 11) is 0. The molecule has 0 aromatic carbocycles. The van der Waals surface area contributed by atoms with Crippen molar-refractivity contribution in [1.82, 2.24) is 14.8 Å². The molecule has 2 aromatic heterocycles. The summed E-state index contributed by atoms with van der Waals surface area (Å²) in [5, 5.41) is 15.6. The zero-order chi connectivity index (χ0) is 15.4. The Balaban J connectivity index is 2.31. The van der Waals surface area contributed by atoms with Crippen LogP contribution in [0.3, 0.4) is 0 Å². The molecule has 7 nitrogen and oxygen atoms in total. The van der Waals surface area contributed by atoms with Crippen molar-refractivity contribution in [3.63, 3.8) is 0 Å². The molecule has 0 saturated carbocycles. The average molecular weight is 286 g/mol. The fraction of sp³-hybridized carbons (Fsp3) is 0.143. The van der Waals surface area contributed by atoms with Gasteiger partial charge in [-0.1, -0.05) is 0 Å². The maximum Gasteiger partial charge on any atom is 0.331 e. The molecule has 0 radical (unpaired) electrons. The van der Waals surface area contributed by atoms with Crippen molar-refractivity contribution in [2.45, 2.75) is 13.8 Å². The summed E-state index contributed by atoms with van der Waals surface area (Å²) < 4.78 is 1.51. The van der Waals surface area contributed by atoms with Crippen molar-refractivity contribution < 1.29 is 14.7 Å². The lowest BCUT2D eigenvalue weighted by Crippen LogP contribution is -2.18. The molecule has 0 aliphatic rings. The van der Waals surface area contributed by atoms with Crippen molar-refractivity contribution in [1.29, 1.82) is 0 Å². The van der Waals surface area contributed by atoms with Gasteiger partial charge >= 0.3 is 5.97 Å². The standard InChI is InChI=1S/C14H14N4O3/c1-9(10(2)14(20)21)13(19)17-11-5-3-6-15-12(11)18-8-4-7-16-18/h3-8H,1-2H3,(H,17,19)(H,20,21). The van der Waals surface area contributed by atoms with Gasteiger partial charge in [-0.25, -0.2) is 14.5 Å². The summed E-state index contributed by atoms with van der Waals surface area (Å²) in [6, 6.07) is 5.08. The number of carbonyl (C=O) groups excluding carboxylic acids is 1. The van der Waals surface area contributed by atoms with Crippen LogP contribution < -0.4 is 5.32 Å². The van der Waals surface area contributed by atoms with Crippen LogP contribution in [-0.4, -0.2) is 31.7 Å². The molecule has 2 N–H and O–H groups in total. The van der Waals surface area contributed by atoms with Gasteiger partial charge < -0.3 is 10.4 Å². The average Bonchev–Trinajstić information content (AvgIpc) is 3.00. The van der Waals surface area contributed by atoms with Crippen LogP contribution in [-0.2, 0) is 9.59 Å². The maximum absolute atomic E-state index is 12.1. The van der Waals surface area contributed by atoms with E-state index in [0.29, 0.717) is 11.5 Å². The Labute approximate surface area is 120 Å². The van der Waals surface area contributed by atoms with Crippen LogP contribution in [0.2, 0.25) is 0 Å². The molecule has 0 spiro atoms. The maximum atomic E-state index is 12.1. The van der Waals surface area contributed by atoms with Crippen LogP contribution >= 0.6 is 0 Å². The van der Waals surface area contributed by atoms with Crippen LogP contribution in [0.4, 0.5) is 5.69 Å². The highest BCUT2D eigenvalue weighted by Gasteiger charge is 2.15. The molecule has 0 aliphatic carbocycles. The second-order valence-corrected chi connectivity index (χ2v) is 4.33. The lowest BCUT2D eigenvalue weighted by Gasteiger charge is -2.10. The Morgan fingerprint density at radius 3 is 2.57 bits per heavy atom. The molecule has 0 fully saturated rings. The van der Waals surface area contributed by atoms with Gasteiger partial charge in [-0.15, -0.1) is 0 Å². The zero-order valence-corrected chi connectivity index (χ0v) is 11.6. The van der Waals surface area contributed by atoms with Crippen molar-refractivity contribution >= 4 is 17.6 Å². The van der Waals surface area contributed by atoms with Crippen molar-refractivity contribution in [2.24, 2.45) is 0 Å². The Morgan fingerprint density at radius 2 is 1.95 bits per heavy atom. The first-order chi connectivity index (χ1) is 10.0. The minimum absolute atomic E-state index is 0.00275. The first-order valence-electron chi connectivity index (χ1n) is 6.18. The number of hydrogen-bond acceptors (Lipinski definition) is 4. The molecule has 0 aliphatic heterocycles. The van der Waals surface area contributed by atoms with Crippen LogP contribution in [0, 0.1) is 0 Å². The van der Waals surface area contributed by atoms with E-state index < -0.39 is 11.9 Å². The summed E-state index contributed by atoms with van der Waals surface area (Å²) in [5.74, 6) is -1.16. The molecular formula is C14H14N4O3. The first kappa shape index (κ1) is 14.4.